The van der Waals surface area contributed by atoms with Crippen molar-refractivity contribution in [3.8, 4) is 0 Å². The first kappa shape index (κ1) is 11.8. The molecule has 1 N–H and O–H groups in total. The number of hydrogen-bond acceptors (Lipinski definition) is 2. The SMILES string of the molecule is C=CCN(CC1CCNc2ccccc21)C1CC1. The normalized spacial score (nSPS) is 22.4. The van der Waals surface area contributed by atoms with E-state index < -0.39 is 0 Å². The lowest BCUT2D eigenvalue weighted by Gasteiger charge is -2.31. The van der Waals surface area contributed by atoms with Gasteiger partial charge in [-0.1, -0.05) is 24.3 Å². The molecule has 2 aliphatic rings. The highest BCUT2D eigenvalue weighted by Crippen LogP contribution is 2.35. The van der Waals surface area contributed by atoms with Crippen LogP contribution in [0.25, 0.3) is 0 Å². The zero-order valence-corrected chi connectivity index (χ0v) is 10.9. The van der Waals surface area contributed by atoms with Crippen molar-refractivity contribution in [3.05, 3.63) is 42.5 Å². The van der Waals surface area contributed by atoms with Gasteiger partial charge in [0, 0.05) is 37.3 Å². The molecule has 1 saturated carbocycles. The van der Waals surface area contributed by atoms with E-state index in [0.29, 0.717) is 5.92 Å². The molecule has 1 aliphatic carbocycles. The van der Waals surface area contributed by atoms with Crippen LogP contribution in [0.15, 0.2) is 36.9 Å². The fraction of sp³-hybridized carbons (Fsp3) is 0.500. The first-order chi connectivity index (χ1) is 8.88. The molecule has 1 fully saturated rings. The van der Waals surface area contributed by atoms with Gasteiger partial charge in [0.1, 0.15) is 0 Å². The summed E-state index contributed by atoms with van der Waals surface area (Å²) in [6.45, 7) is 7.23. The first-order valence-electron chi connectivity index (χ1n) is 7.06. The fourth-order valence-electron chi connectivity index (χ4n) is 3.00. The van der Waals surface area contributed by atoms with Gasteiger partial charge in [0.05, 0.1) is 0 Å². The second kappa shape index (κ2) is 5.15. The largest absolute Gasteiger partial charge is 0.385 e. The second-order valence-corrected chi connectivity index (χ2v) is 5.47. The zero-order chi connectivity index (χ0) is 12.4. The Bertz CT molecular complexity index is 423. The molecular weight excluding hydrogens is 220 g/mol. The minimum Gasteiger partial charge on any atom is -0.385 e. The standard InChI is InChI=1S/C16H22N2/c1-2-11-18(14-7-8-14)12-13-9-10-17-16-6-4-3-5-15(13)16/h2-6,13-14,17H,1,7-12H2. The van der Waals surface area contributed by atoms with Crippen LogP contribution >= 0.6 is 0 Å². The monoisotopic (exact) mass is 242 g/mol. The predicted molar refractivity (Wildman–Crippen MR) is 77.1 cm³/mol. The third-order valence-corrected chi connectivity index (χ3v) is 4.09. The van der Waals surface area contributed by atoms with Crippen molar-refractivity contribution in [1.29, 1.82) is 0 Å². The van der Waals surface area contributed by atoms with Crippen LogP contribution in [0.1, 0.15) is 30.7 Å². The topological polar surface area (TPSA) is 15.3 Å². The van der Waals surface area contributed by atoms with E-state index in [-0.39, 0.29) is 0 Å². The summed E-state index contributed by atoms with van der Waals surface area (Å²) in [5, 5.41) is 3.50. The Morgan fingerprint density at radius 3 is 2.89 bits per heavy atom. The maximum Gasteiger partial charge on any atom is 0.0376 e. The van der Waals surface area contributed by atoms with Gasteiger partial charge >= 0.3 is 0 Å². The molecule has 96 valence electrons. The van der Waals surface area contributed by atoms with E-state index in [2.05, 4.69) is 41.1 Å². The summed E-state index contributed by atoms with van der Waals surface area (Å²) >= 11 is 0. The maximum atomic E-state index is 3.89. The Balaban J connectivity index is 1.74. The van der Waals surface area contributed by atoms with E-state index in [0.717, 1.165) is 19.1 Å². The highest BCUT2D eigenvalue weighted by molar-refractivity contribution is 5.54. The lowest BCUT2D eigenvalue weighted by molar-refractivity contribution is 0.267. The molecule has 0 radical (unpaired) electrons. The number of anilines is 1. The van der Waals surface area contributed by atoms with Crippen LogP contribution in [0.5, 0.6) is 0 Å². The number of benzene rings is 1. The Morgan fingerprint density at radius 1 is 1.28 bits per heavy atom. The summed E-state index contributed by atoms with van der Waals surface area (Å²) in [6, 6.07) is 9.59. The Morgan fingerprint density at radius 2 is 2.11 bits per heavy atom. The summed E-state index contributed by atoms with van der Waals surface area (Å²) in [5.41, 5.74) is 2.83. The van der Waals surface area contributed by atoms with Crippen LogP contribution < -0.4 is 5.32 Å². The molecule has 2 heteroatoms. The van der Waals surface area contributed by atoms with Crippen molar-refractivity contribution < 1.29 is 0 Å². The summed E-state index contributed by atoms with van der Waals surface area (Å²) in [5.74, 6) is 0.683. The molecule has 0 bridgehead atoms. The van der Waals surface area contributed by atoms with Crippen LogP contribution in [0.2, 0.25) is 0 Å². The minimum absolute atomic E-state index is 0.683. The van der Waals surface area contributed by atoms with Gasteiger partial charge in [-0.25, -0.2) is 0 Å². The third kappa shape index (κ3) is 2.44. The summed E-state index contributed by atoms with van der Waals surface area (Å²) < 4.78 is 0. The fourth-order valence-corrected chi connectivity index (χ4v) is 3.00. The molecule has 0 amide bonds. The van der Waals surface area contributed by atoms with Crippen molar-refractivity contribution in [2.45, 2.75) is 31.2 Å². The van der Waals surface area contributed by atoms with Crippen LogP contribution in [0.4, 0.5) is 5.69 Å². The molecule has 18 heavy (non-hydrogen) atoms. The number of para-hydroxylation sites is 1. The van der Waals surface area contributed by atoms with Crippen LogP contribution in [-0.2, 0) is 0 Å². The second-order valence-electron chi connectivity index (χ2n) is 5.47. The van der Waals surface area contributed by atoms with Crippen LogP contribution in [-0.4, -0.2) is 30.6 Å². The van der Waals surface area contributed by atoms with Gasteiger partial charge in [-0.15, -0.1) is 6.58 Å². The van der Waals surface area contributed by atoms with Crippen molar-refractivity contribution in [3.63, 3.8) is 0 Å². The lowest BCUT2D eigenvalue weighted by atomic mass is 9.90. The van der Waals surface area contributed by atoms with Gasteiger partial charge in [-0.05, 0) is 30.9 Å². The molecule has 0 saturated heterocycles. The maximum absolute atomic E-state index is 3.89. The van der Waals surface area contributed by atoms with Gasteiger partial charge in [0.25, 0.3) is 0 Å². The summed E-state index contributed by atoms with van der Waals surface area (Å²) in [4.78, 5) is 2.61. The summed E-state index contributed by atoms with van der Waals surface area (Å²) in [6.07, 6.45) is 6.05. The van der Waals surface area contributed by atoms with E-state index in [1.807, 2.05) is 6.08 Å². The van der Waals surface area contributed by atoms with Crippen LogP contribution in [0, 0.1) is 0 Å². The molecule has 1 atom stereocenters. The predicted octanol–water partition coefficient (Wildman–Crippen LogP) is 3.24. The van der Waals surface area contributed by atoms with Crippen LogP contribution in [0.3, 0.4) is 0 Å². The van der Waals surface area contributed by atoms with Gasteiger partial charge < -0.3 is 5.32 Å². The molecule has 0 aromatic heterocycles. The van der Waals surface area contributed by atoms with E-state index >= 15 is 0 Å². The number of nitrogens with one attached hydrogen (secondary N) is 1. The van der Waals surface area contributed by atoms with E-state index in [4.69, 9.17) is 0 Å². The molecule has 1 heterocycles. The van der Waals surface area contributed by atoms with Crippen molar-refractivity contribution in [1.82, 2.24) is 4.90 Å². The van der Waals surface area contributed by atoms with Gasteiger partial charge in [-0.2, -0.15) is 0 Å². The zero-order valence-electron chi connectivity index (χ0n) is 10.9. The molecule has 1 aromatic carbocycles. The summed E-state index contributed by atoms with van der Waals surface area (Å²) in [7, 11) is 0. The average molecular weight is 242 g/mol. The highest BCUT2D eigenvalue weighted by atomic mass is 15.2. The number of nitrogens with zero attached hydrogens (tertiary/aromatic N) is 1. The highest BCUT2D eigenvalue weighted by Gasteiger charge is 2.31. The molecule has 1 aromatic rings. The number of rotatable bonds is 5. The molecule has 2 nitrogen and oxygen atoms in total. The van der Waals surface area contributed by atoms with Crippen molar-refractivity contribution in [2.24, 2.45) is 0 Å². The molecule has 1 aliphatic heterocycles. The quantitative estimate of drug-likeness (QED) is 0.797. The van der Waals surface area contributed by atoms with E-state index in [9.17, 15) is 0 Å². The van der Waals surface area contributed by atoms with E-state index in [1.165, 1.54) is 37.1 Å². The molecule has 0 spiro atoms. The van der Waals surface area contributed by atoms with Gasteiger partial charge in [-0.3, -0.25) is 4.90 Å². The minimum atomic E-state index is 0.683. The number of fused-ring (bicyclic) bond motifs is 1. The van der Waals surface area contributed by atoms with E-state index in [1.54, 1.807) is 0 Å². The number of hydrogen-bond donors (Lipinski definition) is 1. The Hall–Kier alpha value is -1.28. The first-order valence-corrected chi connectivity index (χ1v) is 7.06. The van der Waals surface area contributed by atoms with Gasteiger partial charge in [0.15, 0.2) is 0 Å². The smallest absolute Gasteiger partial charge is 0.0376 e. The average Bonchev–Trinajstić information content (AvgIpc) is 3.23. The van der Waals surface area contributed by atoms with Crippen molar-refractivity contribution in [2.75, 3.05) is 25.0 Å². The lowest BCUT2D eigenvalue weighted by Crippen LogP contribution is -2.33. The van der Waals surface area contributed by atoms with Crippen molar-refractivity contribution >= 4 is 5.69 Å². The van der Waals surface area contributed by atoms with Gasteiger partial charge in [0.2, 0.25) is 0 Å². The Labute approximate surface area is 110 Å². The molecule has 1 unspecified atom stereocenters. The molecule has 3 rings (SSSR count). The third-order valence-electron chi connectivity index (χ3n) is 4.09. The Kier molecular flexibility index (Phi) is 3.37. The molecular formula is C16H22N2.